The number of sulfonamides is 1. The van der Waals surface area contributed by atoms with Crippen LogP contribution in [0.25, 0.3) is 0 Å². The minimum atomic E-state index is -3.79. The largest absolute Gasteiger partial charge is 0.371 e. The number of anilines is 1. The van der Waals surface area contributed by atoms with Crippen LogP contribution in [0.4, 0.5) is 5.69 Å². The molecule has 0 amide bonds. The molecule has 0 saturated carbocycles. The molecule has 11 heteroatoms. The van der Waals surface area contributed by atoms with E-state index in [9.17, 15) is 18.5 Å². The Morgan fingerprint density at radius 2 is 2.29 bits per heavy atom. The van der Waals surface area contributed by atoms with Gasteiger partial charge in [-0.15, -0.1) is 10.1 Å². The molecule has 2 rings (SSSR count). The molecule has 1 aliphatic heterocycles. The van der Waals surface area contributed by atoms with Gasteiger partial charge in [-0.25, -0.2) is 17.9 Å². The van der Waals surface area contributed by atoms with E-state index < -0.39 is 15.1 Å². The third kappa shape index (κ3) is 3.97. The van der Waals surface area contributed by atoms with Gasteiger partial charge in [-0.3, -0.25) is 0 Å². The summed E-state index contributed by atoms with van der Waals surface area (Å²) in [5.74, 6) is 0. The van der Waals surface area contributed by atoms with Crippen LogP contribution in [-0.4, -0.2) is 37.6 Å². The highest BCUT2D eigenvalue weighted by molar-refractivity contribution is 7.97. The fraction of sp³-hybridized carbons (Fsp3) is 0.400. The molecule has 1 aromatic carbocycles. The number of hydrogen-bond acceptors (Lipinski definition) is 8. The molecule has 0 spiro atoms. The molecule has 0 radical (unpaired) electrons. The first kappa shape index (κ1) is 15.8. The highest BCUT2D eigenvalue weighted by atomic mass is 32.2. The minimum Gasteiger partial charge on any atom is -0.371 e. The number of rotatable bonds is 5. The number of primary sulfonamides is 1. The Hall–Kier alpha value is -1.56. The van der Waals surface area contributed by atoms with E-state index >= 15 is 0 Å². The van der Waals surface area contributed by atoms with E-state index in [0.29, 0.717) is 23.7 Å². The van der Waals surface area contributed by atoms with E-state index in [1.54, 1.807) is 17.3 Å². The normalized spacial score (nSPS) is 15.1. The van der Waals surface area contributed by atoms with Crippen LogP contribution in [0.15, 0.2) is 21.9 Å². The Morgan fingerprint density at radius 1 is 1.57 bits per heavy atom. The Kier molecular flexibility index (Phi) is 4.56. The third-order valence-electron chi connectivity index (χ3n) is 2.79. The monoisotopic (exact) mass is 334 g/mol. The van der Waals surface area contributed by atoms with E-state index in [4.69, 9.17) is 5.14 Å². The summed E-state index contributed by atoms with van der Waals surface area (Å²) in [5, 5.41) is 17.5. The van der Waals surface area contributed by atoms with Gasteiger partial charge in [0.15, 0.2) is 0 Å². The van der Waals surface area contributed by atoms with Gasteiger partial charge in [0.05, 0.1) is 17.3 Å². The van der Waals surface area contributed by atoms with Gasteiger partial charge in [-0.05, 0) is 36.6 Å². The van der Waals surface area contributed by atoms with Crippen molar-refractivity contribution < 1.29 is 18.3 Å². The van der Waals surface area contributed by atoms with Crippen molar-refractivity contribution in [1.82, 2.24) is 4.31 Å². The molecule has 0 unspecified atom stereocenters. The molecule has 9 nitrogen and oxygen atoms in total. The molecular formula is C10H14N4O5S2. The van der Waals surface area contributed by atoms with Crippen molar-refractivity contribution in [1.29, 1.82) is 0 Å². The second kappa shape index (κ2) is 6.05. The highest BCUT2D eigenvalue weighted by Crippen LogP contribution is 2.36. The number of nitrogens with two attached hydrogens (primary N) is 1. The van der Waals surface area contributed by atoms with Crippen LogP contribution < -0.4 is 10.5 Å². The first-order valence-corrected chi connectivity index (χ1v) is 8.21. The molecule has 1 aromatic rings. The fourth-order valence-electron chi connectivity index (χ4n) is 1.88. The second-order valence-corrected chi connectivity index (χ2v) is 7.02. The standard InChI is InChI=1S/C10H14N4O5S2/c1-7-4-8-9(5-10(7)21(11,17)18)20-13(6-12-8)2-3-19-14(15)16/h4-5,12H,2-3,6H2,1H3,(H2,11,17,18). The molecule has 116 valence electrons. The van der Waals surface area contributed by atoms with Crippen LogP contribution in [-0.2, 0) is 14.9 Å². The number of hydrogen-bond donors (Lipinski definition) is 2. The zero-order chi connectivity index (χ0) is 15.6. The number of nitrogens with zero attached hydrogens (tertiary/aromatic N) is 2. The Morgan fingerprint density at radius 3 is 2.90 bits per heavy atom. The van der Waals surface area contributed by atoms with Gasteiger partial charge in [0, 0.05) is 11.4 Å². The predicted octanol–water partition coefficient (Wildman–Crippen LogP) is 0.543. The highest BCUT2D eigenvalue weighted by Gasteiger charge is 2.21. The van der Waals surface area contributed by atoms with Crippen LogP contribution in [0.1, 0.15) is 5.56 Å². The topological polar surface area (TPSA) is 128 Å². The summed E-state index contributed by atoms with van der Waals surface area (Å²) >= 11 is 1.30. The maximum Gasteiger partial charge on any atom is 0.294 e. The molecule has 0 atom stereocenters. The summed E-state index contributed by atoms with van der Waals surface area (Å²) in [5.41, 5.74) is 1.37. The second-order valence-electron chi connectivity index (χ2n) is 4.35. The van der Waals surface area contributed by atoms with Crippen molar-refractivity contribution >= 4 is 27.7 Å². The van der Waals surface area contributed by atoms with E-state index in [2.05, 4.69) is 10.2 Å². The third-order valence-corrected chi connectivity index (χ3v) is 4.95. The van der Waals surface area contributed by atoms with Crippen LogP contribution in [0.2, 0.25) is 0 Å². The minimum absolute atomic E-state index is 0.0646. The molecule has 3 N–H and O–H groups in total. The lowest BCUT2D eigenvalue weighted by Gasteiger charge is -2.29. The Labute approximate surface area is 125 Å². The van der Waals surface area contributed by atoms with Gasteiger partial charge in [0.1, 0.15) is 6.61 Å². The van der Waals surface area contributed by atoms with Gasteiger partial charge in [-0.2, -0.15) is 0 Å². The lowest BCUT2D eigenvalue weighted by atomic mass is 10.2. The Balaban J connectivity index is 2.14. The first-order chi connectivity index (χ1) is 9.77. The van der Waals surface area contributed by atoms with Gasteiger partial charge < -0.3 is 10.2 Å². The number of nitrogens with one attached hydrogen (secondary N) is 1. The fourth-order valence-corrected chi connectivity index (χ4v) is 3.71. The van der Waals surface area contributed by atoms with Gasteiger partial charge >= 0.3 is 0 Å². The summed E-state index contributed by atoms with van der Waals surface area (Å²) in [6.45, 7) is 2.39. The van der Waals surface area contributed by atoms with Crippen molar-refractivity contribution in [3.05, 3.63) is 27.8 Å². The quantitative estimate of drug-likeness (QED) is 0.454. The zero-order valence-electron chi connectivity index (χ0n) is 11.1. The van der Waals surface area contributed by atoms with Gasteiger partial charge in [0.25, 0.3) is 5.09 Å². The van der Waals surface area contributed by atoms with Crippen molar-refractivity contribution in [2.45, 2.75) is 16.7 Å². The van der Waals surface area contributed by atoms with Crippen molar-refractivity contribution in [3.8, 4) is 0 Å². The molecule has 0 fully saturated rings. The smallest absolute Gasteiger partial charge is 0.294 e. The van der Waals surface area contributed by atoms with Gasteiger partial charge in [0.2, 0.25) is 10.0 Å². The molecule has 21 heavy (non-hydrogen) atoms. The molecule has 1 heterocycles. The average molecular weight is 334 g/mol. The zero-order valence-corrected chi connectivity index (χ0v) is 12.7. The number of fused-ring (bicyclic) bond motifs is 1. The van der Waals surface area contributed by atoms with Gasteiger partial charge in [-0.1, -0.05) is 0 Å². The molecule has 0 saturated heterocycles. The maximum absolute atomic E-state index is 11.5. The molecule has 0 bridgehead atoms. The first-order valence-electron chi connectivity index (χ1n) is 5.89. The Bertz CT molecular complexity index is 664. The van der Waals surface area contributed by atoms with Crippen LogP contribution in [0.3, 0.4) is 0 Å². The van der Waals surface area contributed by atoms with Crippen LogP contribution in [0, 0.1) is 17.0 Å². The van der Waals surface area contributed by atoms with E-state index in [1.807, 2.05) is 0 Å². The van der Waals surface area contributed by atoms with E-state index in [0.717, 1.165) is 5.69 Å². The lowest BCUT2D eigenvalue weighted by Crippen LogP contribution is -2.30. The number of benzene rings is 1. The summed E-state index contributed by atoms with van der Waals surface area (Å²) in [7, 11) is -3.79. The number of aryl methyl sites for hydroxylation is 1. The molecular weight excluding hydrogens is 320 g/mol. The van der Waals surface area contributed by atoms with Crippen molar-refractivity contribution in [3.63, 3.8) is 0 Å². The van der Waals surface area contributed by atoms with Crippen molar-refractivity contribution in [2.75, 3.05) is 25.1 Å². The van der Waals surface area contributed by atoms with Crippen LogP contribution >= 0.6 is 11.9 Å². The summed E-state index contributed by atoms with van der Waals surface area (Å²) in [6, 6.07) is 3.21. The van der Waals surface area contributed by atoms with E-state index in [1.165, 1.54) is 18.0 Å². The lowest BCUT2D eigenvalue weighted by molar-refractivity contribution is -0.757. The molecule has 0 aromatic heterocycles. The summed E-state index contributed by atoms with van der Waals surface area (Å²) in [6.07, 6.45) is 0. The molecule has 0 aliphatic carbocycles. The molecule has 1 aliphatic rings. The predicted molar refractivity (Wildman–Crippen MR) is 76.6 cm³/mol. The average Bonchev–Trinajstić information content (AvgIpc) is 2.36. The SMILES string of the molecule is Cc1cc2c(cc1S(N)(=O)=O)SN(CCO[N+](=O)[O-])CN2. The van der Waals surface area contributed by atoms with Crippen LogP contribution in [0.5, 0.6) is 0 Å². The van der Waals surface area contributed by atoms with E-state index in [-0.39, 0.29) is 11.5 Å². The van der Waals surface area contributed by atoms with Crippen molar-refractivity contribution in [2.24, 2.45) is 5.14 Å². The summed E-state index contributed by atoms with van der Waals surface area (Å²) < 4.78 is 24.8. The maximum atomic E-state index is 11.5. The summed E-state index contributed by atoms with van der Waals surface area (Å²) in [4.78, 5) is 15.1.